The maximum absolute atomic E-state index is 11.3. The zero-order chi connectivity index (χ0) is 13.4. The second-order valence-corrected chi connectivity index (χ2v) is 5.62. The quantitative estimate of drug-likeness (QED) is 0.832. The van der Waals surface area contributed by atoms with E-state index in [4.69, 9.17) is 10.2 Å². The number of likely N-dealkylation sites (tertiary alicyclic amines) is 1. The molecule has 0 radical (unpaired) electrons. The predicted molar refractivity (Wildman–Crippen MR) is 69.5 cm³/mol. The number of carbonyl (C=O) groups is 1. The third-order valence-corrected chi connectivity index (χ3v) is 4.42. The number of methoxy groups -OCH3 is 1. The Bertz CT molecular complexity index is 471. The summed E-state index contributed by atoms with van der Waals surface area (Å²) in [6.07, 6.45) is 2.41. The second kappa shape index (κ2) is 4.98. The van der Waals surface area contributed by atoms with Crippen molar-refractivity contribution in [3.63, 3.8) is 0 Å². The average molecular weight is 264 g/mol. The van der Waals surface area contributed by atoms with E-state index in [1.807, 2.05) is 6.07 Å². The van der Waals surface area contributed by atoms with Crippen molar-refractivity contribution in [1.29, 1.82) is 0 Å². The van der Waals surface area contributed by atoms with Crippen LogP contribution in [0.4, 0.5) is 0 Å². The molecule has 1 aliphatic heterocycles. The van der Waals surface area contributed by atoms with E-state index in [-0.39, 0.29) is 5.76 Å². The van der Waals surface area contributed by atoms with Gasteiger partial charge in [0.25, 0.3) is 0 Å². The minimum atomic E-state index is -0.424. The van der Waals surface area contributed by atoms with Crippen LogP contribution in [-0.4, -0.2) is 37.1 Å². The number of hydrogen-bond donors (Lipinski definition) is 1. The summed E-state index contributed by atoms with van der Waals surface area (Å²) in [7, 11) is 1.35. The van der Waals surface area contributed by atoms with Gasteiger partial charge in [-0.1, -0.05) is 0 Å². The maximum atomic E-state index is 11.3. The van der Waals surface area contributed by atoms with E-state index in [1.165, 1.54) is 13.5 Å². The molecule has 0 aromatic carbocycles. The summed E-state index contributed by atoms with van der Waals surface area (Å²) >= 11 is 0. The molecular weight excluding hydrogens is 244 g/mol. The van der Waals surface area contributed by atoms with E-state index in [0.717, 1.165) is 37.7 Å². The van der Waals surface area contributed by atoms with Crippen LogP contribution in [0.5, 0.6) is 0 Å². The maximum Gasteiger partial charge on any atom is 0.373 e. The van der Waals surface area contributed by atoms with E-state index in [9.17, 15) is 4.79 Å². The number of ether oxygens (including phenoxy) is 1. The molecule has 1 saturated carbocycles. The van der Waals surface area contributed by atoms with Gasteiger partial charge in [-0.2, -0.15) is 0 Å². The van der Waals surface area contributed by atoms with Crippen LogP contribution in [0.25, 0.3) is 0 Å². The van der Waals surface area contributed by atoms with Crippen molar-refractivity contribution in [1.82, 2.24) is 4.90 Å². The predicted octanol–water partition coefficient (Wildman–Crippen LogP) is 1.24. The summed E-state index contributed by atoms with van der Waals surface area (Å²) in [6.45, 7) is 2.88. The summed E-state index contributed by atoms with van der Waals surface area (Å²) in [5.74, 6) is 2.04. The third kappa shape index (κ3) is 2.40. The second-order valence-electron chi connectivity index (χ2n) is 5.62. The fourth-order valence-corrected chi connectivity index (χ4v) is 3.42. The van der Waals surface area contributed by atoms with Crippen LogP contribution < -0.4 is 5.73 Å². The van der Waals surface area contributed by atoms with Crippen LogP contribution in [0.1, 0.15) is 29.2 Å². The Morgan fingerprint density at radius 2 is 2.32 bits per heavy atom. The van der Waals surface area contributed by atoms with Gasteiger partial charge in [-0.3, -0.25) is 4.90 Å². The van der Waals surface area contributed by atoms with Gasteiger partial charge in [0, 0.05) is 19.1 Å². The Kier molecular flexibility index (Phi) is 3.33. The highest BCUT2D eigenvalue weighted by Gasteiger charge is 2.40. The first-order valence-electron chi connectivity index (χ1n) is 6.82. The van der Waals surface area contributed by atoms with Gasteiger partial charge in [0.1, 0.15) is 5.76 Å². The van der Waals surface area contributed by atoms with Crippen LogP contribution in [0.2, 0.25) is 0 Å². The standard InChI is InChI=1S/C14H20N2O3/c1-18-14(17)13-5-3-10(19-13)7-16-6-9-2-4-12(15)11(9)8-16/h3,5,9,11-12H,2,4,6-8,15H2,1H3. The number of carbonyl (C=O) groups excluding carboxylic acids is 1. The van der Waals surface area contributed by atoms with Crippen LogP contribution >= 0.6 is 0 Å². The van der Waals surface area contributed by atoms with Gasteiger partial charge in [-0.05, 0) is 36.8 Å². The van der Waals surface area contributed by atoms with Crippen LogP contribution in [0.3, 0.4) is 0 Å². The monoisotopic (exact) mass is 264 g/mol. The van der Waals surface area contributed by atoms with Gasteiger partial charge < -0.3 is 14.9 Å². The SMILES string of the molecule is COC(=O)c1ccc(CN2CC3CCC(N)C3C2)o1. The van der Waals surface area contributed by atoms with E-state index < -0.39 is 5.97 Å². The summed E-state index contributed by atoms with van der Waals surface area (Å²) in [5.41, 5.74) is 6.13. The third-order valence-electron chi connectivity index (χ3n) is 4.42. The molecule has 2 aliphatic rings. The first-order chi connectivity index (χ1) is 9.17. The molecule has 2 heterocycles. The molecule has 1 aromatic rings. The first kappa shape index (κ1) is 12.7. The van der Waals surface area contributed by atoms with Crippen LogP contribution in [-0.2, 0) is 11.3 Å². The molecule has 1 saturated heterocycles. The number of nitrogens with two attached hydrogens (primary N) is 1. The average Bonchev–Trinajstić information content (AvgIpc) is 3.08. The Morgan fingerprint density at radius 1 is 1.47 bits per heavy atom. The smallest absolute Gasteiger partial charge is 0.373 e. The molecule has 3 unspecified atom stereocenters. The van der Waals surface area contributed by atoms with Gasteiger partial charge in [0.15, 0.2) is 0 Å². The van der Waals surface area contributed by atoms with E-state index in [0.29, 0.717) is 12.0 Å². The number of hydrogen-bond acceptors (Lipinski definition) is 5. The van der Waals surface area contributed by atoms with E-state index >= 15 is 0 Å². The lowest BCUT2D eigenvalue weighted by Gasteiger charge is -2.16. The fourth-order valence-electron chi connectivity index (χ4n) is 3.42. The number of esters is 1. The molecule has 0 spiro atoms. The molecule has 1 aromatic heterocycles. The molecular formula is C14H20N2O3. The number of fused-ring (bicyclic) bond motifs is 1. The highest BCUT2D eigenvalue weighted by molar-refractivity contribution is 5.86. The molecule has 0 amide bonds. The van der Waals surface area contributed by atoms with Crippen molar-refractivity contribution in [3.05, 3.63) is 23.7 Å². The molecule has 5 heteroatoms. The summed E-state index contributed by atoms with van der Waals surface area (Å²) in [6, 6.07) is 3.88. The molecule has 2 N–H and O–H groups in total. The lowest BCUT2D eigenvalue weighted by Crippen LogP contribution is -2.30. The summed E-state index contributed by atoms with van der Waals surface area (Å²) < 4.78 is 10.1. The first-order valence-corrected chi connectivity index (χ1v) is 6.82. The zero-order valence-corrected chi connectivity index (χ0v) is 11.2. The number of furan rings is 1. The van der Waals surface area contributed by atoms with Crippen LogP contribution in [0.15, 0.2) is 16.5 Å². The Morgan fingerprint density at radius 3 is 3.05 bits per heavy atom. The molecule has 5 nitrogen and oxygen atoms in total. The van der Waals surface area contributed by atoms with Gasteiger partial charge >= 0.3 is 5.97 Å². The molecule has 2 fully saturated rings. The van der Waals surface area contributed by atoms with Crippen molar-refractivity contribution in [2.75, 3.05) is 20.2 Å². The highest BCUT2D eigenvalue weighted by atomic mass is 16.5. The lowest BCUT2D eigenvalue weighted by molar-refractivity contribution is 0.0561. The largest absolute Gasteiger partial charge is 0.463 e. The minimum Gasteiger partial charge on any atom is -0.463 e. The van der Waals surface area contributed by atoms with Crippen LogP contribution in [0, 0.1) is 11.8 Å². The van der Waals surface area contributed by atoms with Crippen molar-refractivity contribution in [2.24, 2.45) is 17.6 Å². The molecule has 0 bridgehead atoms. The zero-order valence-electron chi connectivity index (χ0n) is 11.2. The van der Waals surface area contributed by atoms with Gasteiger partial charge in [0.2, 0.25) is 5.76 Å². The Balaban J connectivity index is 1.61. The normalized spacial score (nSPS) is 30.5. The van der Waals surface area contributed by atoms with Gasteiger partial charge in [-0.15, -0.1) is 0 Å². The Labute approximate surface area is 112 Å². The summed E-state index contributed by atoms with van der Waals surface area (Å²) in [5, 5.41) is 0. The topological polar surface area (TPSA) is 68.7 Å². The van der Waals surface area contributed by atoms with E-state index in [1.54, 1.807) is 6.07 Å². The van der Waals surface area contributed by atoms with Crippen molar-refractivity contribution >= 4 is 5.97 Å². The van der Waals surface area contributed by atoms with Gasteiger partial charge in [-0.25, -0.2) is 4.79 Å². The molecule has 19 heavy (non-hydrogen) atoms. The van der Waals surface area contributed by atoms with Crippen molar-refractivity contribution in [2.45, 2.75) is 25.4 Å². The van der Waals surface area contributed by atoms with Crippen molar-refractivity contribution in [3.8, 4) is 0 Å². The molecule has 3 atom stereocenters. The number of nitrogens with zero attached hydrogens (tertiary/aromatic N) is 1. The molecule has 3 rings (SSSR count). The fraction of sp³-hybridized carbons (Fsp3) is 0.643. The molecule has 1 aliphatic carbocycles. The summed E-state index contributed by atoms with van der Waals surface area (Å²) in [4.78, 5) is 13.7. The lowest BCUT2D eigenvalue weighted by atomic mass is 9.98. The minimum absolute atomic E-state index is 0.272. The number of rotatable bonds is 3. The molecule has 104 valence electrons. The van der Waals surface area contributed by atoms with Crippen molar-refractivity contribution < 1.29 is 13.9 Å². The van der Waals surface area contributed by atoms with E-state index in [2.05, 4.69) is 9.64 Å². The highest BCUT2D eigenvalue weighted by Crippen LogP contribution is 2.37. The Hall–Kier alpha value is -1.33. The van der Waals surface area contributed by atoms with Gasteiger partial charge in [0.05, 0.1) is 13.7 Å².